The third-order valence-electron chi connectivity index (χ3n) is 2.40. The number of anilines is 1. The van der Waals surface area contributed by atoms with Crippen molar-refractivity contribution in [3.63, 3.8) is 0 Å². The van der Waals surface area contributed by atoms with E-state index in [9.17, 15) is 4.79 Å². The number of hydrazine groups is 1. The van der Waals surface area contributed by atoms with Crippen molar-refractivity contribution < 1.29 is 9.53 Å². The zero-order valence-electron chi connectivity index (χ0n) is 10.4. The molecular weight excluding hydrogens is 250 g/mol. The van der Waals surface area contributed by atoms with Crippen molar-refractivity contribution in [1.82, 2.24) is 5.43 Å². The lowest BCUT2D eigenvalue weighted by Crippen LogP contribution is -2.29. The average molecular weight is 269 g/mol. The standard InChI is InChI=1S/C12H19N3O2S/c1-17-10-8-9(13)5-6-11(10)18-7-3-2-4-12(16)15-14/h5-6,8H,2-4,7,13-14H2,1H3,(H,15,16). The molecule has 0 saturated heterocycles. The summed E-state index contributed by atoms with van der Waals surface area (Å²) in [6.07, 6.45) is 2.24. The molecule has 18 heavy (non-hydrogen) atoms. The van der Waals surface area contributed by atoms with Gasteiger partial charge in [-0.25, -0.2) is 5.84 Å². The van der Waals surface area contributed by atoms with Crippen LogP contribution in [-0.4, -0.2) is 18.8 Å². The first-order chi connectivity index (χ1) is 8.67. The van der Waals surface area contributed by atoms with Crippen molar-refractivity contribution >= 4 is 23.4 Å². The maximum atomic E-state index is 10.9. The Bertz CT molecular complexity index is 399. The Morgan fingerprint density at radius 2 is 2.22 bits per heavy atom. The van der Waals surface area contributed by atoms with E-state index in [1.807, 2.05) is 18.2 Å². The molecule has 0 aliphatic heterocycles. The average Bonchev–Trinajstić information content (AvgIpc) is 2.39. The number of hydrogen-bond donors (Lipinski definition) is 3. The summed E-state index contributed by atoms with van der Waals surface area (Å²) >= 11 is 1.70. The van der Waals surface area contributed by atoms with Crippen LogP contribution in [0.2, 0.25) is 0 Å². The molecule has 0 fully saturated rings. The fraction of sp³-hybridized carbons (Fsp3) is 0.417. The van der Waals surface area contributed by atoms with E-state index in [4.69, 9.17) is 16.3 Å². The summed E-state index contributed by atoms with van der Waals surface area (Å²) in [4.78, 5) is 12.0. The molecule has 0 bridgehead atoms. The maximum Gasteiger partial charge on any atom is 0.233 e. The summed E-state index contributed by atoms with van der Waals surface area (Å²) < 4.78 is 5.26. The molecule has 5 N–H and O–H groups in total. The number of unbranched alkanes of at least 4 members (excludes halogenated alkanes) is 1. The van der Waals surface area contributed by atoms with Crippen LogP contribution in [0.3, 0.4) is 0 Å². The first-order valence-corrected chi connectivity index (χ1v) is 6.71. The van der Waals surface area contributed by atoms with Crippen LogP contribution in [0.25, 0.3) is 0 Å². The maximum absolute atomic E-state index is 10.9. The van der Waals surface area contributed by atoms with Crippen molar-refractivity contribution in [3.05, 3.63) is 18.2 Å². The quantitative estimate of drug-likeness (QED) is 0.174. The van der Waals surface area contributed by atoms with E-state index >= 15 is 0 Å². The van der Waals surface area contributed by atoms with Crippen molar-refractivity contribution in [1.29, 1.82) is 0 Å². The summed E-state index contributed by atoms with van der Waals surface area (Å²) in [6, 6.07) is 5.61. The molecule has 1 aromatic carbocycles. The van der Waals surface area contributed by atoms with E-state index < -0.39 is 0 Å². The second kappa shape index (κ2) is 7.84. The van der Waals surface area contributed by atoms with Crippen LogP contribution >= 0.6 is 11.8 Å². The molecule has 0 spiro atoms. The van der Waals surface area contributed by atoms with Crippen LogP contribution in [0.15, 0.2) is 23.1 Å². The second-order valence-electron chi connectivity index (χ2n) is 3.78. The highest BCUT2D eigenvalue weighted by molar-refractivity contribution is 7.99. The zero-order chi connectivity index (χ0) is 13.4. The Morgan fingerprint density at radius 1 is 1.44 bits per heavy atom. The minimum Gasteiger partial charge on any atom is -0.496 e. The topological polar surface area (TPSA) is 90.4 Å². The van der Waals surface area contributed by atoms with E-state index in [-0.39, 0.29) is 5.91 Å². The van der Waals surface area contributed by atoms with Crippen molar-refractivity contribution in [2.75, 3.05) is 18.6 Å². The molecule has 1 amide bonds. The fourth-order valence-electron chi connectivity index (χ4n) is 1.45. The van der Waals surface area contributed by atoms with Gasteiger partial charge in [-0.15, -0.1) is 11.8 Å². The number of methoxy groups -OCH3 is 1. The van der Waals surface area contributed by atoms with Gasteiger partial charge in [-0.05, 0) is 30.7 Å². The molecule has 0 aliphatic rings. The second-order valence-corrected chi connectivity index (χ2v) is 4.92. The molecule has 0 aromatic heterocycles. The number of carbonyl (C=O) groups excluding carboxylic acids is 1. The molecule has 0 heterocycles. The fourth-order valence-corrected chi connectivity index (χ4v) is 2.46. The lowest BCUT2D eigenvalue weighted by Gasteiger charge is -2.08. The summed E-state index contributed by atoms with van der Waals surface area (Å²) in [7, 11) is 1.63. The van der Waals surface area contributed by atoms with Gasteiger partial charge in [0.15, 0.2) is 0 Å². The van der Waals surface area contributed by atoms with Crippen LogP contribution < -0.4 is 21.7 Å². The lowest BCUT2D eigenvalue weighted by molar-refractivity contribution is -0.121. The predicted octanol–water partition coefficient (Wildman–Crippen LogP) is 1.53. The smallest absolute Gasteiger partial charge is 0.233 e. The number of ether oxygens (including phenoxy) is 1. The molecule has 6 heteroatoms. The highest BCUT2D eigenvalue weighted by Gasteiger charge is 2.04. The van der Waals surface area contributed by atoms with Crippen molar-refractivity contribution in [3.8, 4) is 5.75 Å². The van der Waals surface area contributed by atoms with Gasteiger partial charge in [-0.2, -0.15) is 0 Å². The molecule has 0 aliphatic carbocycles. The number of benzene rings is 1. The Labute approximate surface area is 111 Å². The number of carbonyl (C=O) groups is 1. The molecule has 100 valence electrons. The van der Waals surface area contributed by atoms with Gasteiger partial charge in [-0.3, -0.25) is 10.2 Å². The van der Waals surface area contributed by atoms with Gasteiger partial charge in [0, 0.05) is 23.1 Å². The van der Waals surface area contributed by atoms with Crippen LogP contribution in [0.5, 0.6) is 5.75 Å². The molecule has 0 unspecified atom stereocenters. The Morgan fingerprint density at radius 3 is 2.89 bits per heavy atom. The van der Waals surface area contributed by atoms with Crippen molar-refractivity contribution in [2.45, 2.75) is 24.2 Å². The largest absolute Gasteiger partial charge is 0.496 e. The van der Waals surface area contributed by atoms with E-state index in [2.05, 4.69) is 5.43 Å². The Hall–Kier alpha value is -1.40. The van der Waals surface area contributed by atoms with E-state index in [1.54, 1.807) is 18.9 Å². The van der Waals surface area contributed by atoms with Gasteiger partial charge >= 0.3 is 0 Å². The SMILES string of the molecule is COc1cc(N)ccc1SCCCCC(=O)NN. The third-order valence-corrected chi connectivity index (χ3v) is 3.55. The first-order valence-electron chi connectivity index (χ1n) is 5.73. The third kappa shape index (κ3) is 4.85. The monoisotopic (exact) mass is 269 g/mol. The van der Waals surface area contributed by atoms with Gasteiger partial charge in [0.1, 0.15) is 5.75 Å². The molecule has 5 nitrogen and oxygen atoms in total. The normalized spacial score (nSPS) is 10.1. The van der Waals surface area contributed by atoms with Gasteiger partial charge in [-0.1, -0.05) is 0 Å². The molecule has 1 rings (SSSR count). The number of nitrogen functional groups attached to an aromatic ring is 1. The molecule has 0 saturated carbocycles. The zero-order valence-corrected chi connectivity index (χ0v) is 11.3. The highest BCUT2D eigenvalue weighted by atomic mass is 32.2. The summed E-state index contributed by atoms with van der Waals surface area (Å²) in [5.74, 6) is 6.60. The lowest BCUT2D eigenvalue weighted by atomic mass is 10.2. The predicted molar refractivity (Wildman–Crippen MR) is 74.3 cm³/mol. The minimum absolute atomic E-state index is 0.120. The van der Waals surface area contributed by atoms with E-state index in [0.717, 1.165) is 29.2 Å². The minimum atomic E-state index is -0.120. The van der Waals surface area contributed by atoms with Crippen molar-refractivity contribution in [2.24, 2.45) is 5.84 Å². The molecule has 1 aromatic rings. The summed E-state index contributed by atoms with van der Waals surface area (Å²) in [5.41, 5.74) is 8.49. The van der Waals surface area contributed by atoms with Crippen LogP contribution in [0, 0.1) is 0 Å². The van der Waals surface area contributed by atoms with E-state index in [1.165, 1.54) is 0 Å². The Kier molecular flexibility index (Phi) is 6.38. The molecular formula is C12H19N3O2S. The molecule has 0 atom stereocenters. The summed E-state index contributed by atoms with van der Waals surface area (Å²) in [6.45, 7) is 0. The number of nitrogens with one attached hydrogen (secondary N) is 1. The first kappa shape index (κ1) is 14.7. The van der Waals surface area contributed by atoms with Crippen LogP contribution in [0.4, 0.5) is 5.69 Å². The number of rotatable bonds is 7. The van der Waals surface area contributed by atoms with Gasteiger partial charge in [0.05, 0.1) is 7.11 Å². The van der Waals surface area contributed by atoms with Crippen LogP contribution in [-0.2, 0) is 4.79 Å². The van der Waals surface area contributed by atoms with Gasteiger partial charge < -0.3 is 10.5 Å². The molecule has 0 radical (unpaired) electrons. The summed E-state index contributed by atoms with van der Waals surface area (Å²) in [5, 5.41) is 0. The number of amides is 1. The highest BCUT2D eigenvalue weighted by Crippen LogP contribution is 2.31. The van der Waals surface area contributed by atoms with Gasteiger partial charge in [0.25, 0.3) is 0 Å². The Balaban J connectivity index is 2.33. The number of nitrogens with two attached hydrogens (primary N) is 2. The number of hydrogen-bond acceptors (Lipinski definition) is 5. The van der Waals surface area contributed by atoms with Gasteiger partial charge in [0.2, 0.25) is 5.91 Å². The number of thioether (sulfide) groups is 1. The van der Waals surface area contributed by atoms with E-state index in [0.29, 0.717) is 12.1 Å². The van der Waals surface area contributed by atoms with Crippen LogP contribution in [0.1, 0.15) is 19.3 Å².